The summed E-state index contributed by atoms with van der Waals surface area (Å²) in [5.41, 5.74) is 0.427. The van der Waals surface area contributed by atoms with Gasteiger partial charge in [-0.15, -0.1) is 0 Å². The lowest BCUT2D eigenvalue weighted by Crippen LogP contribution is -2.25. The molecule has 1 aromatic carbocycles. The van der Waals surface area contributed by atoms with Gasteiger partial charge in [-0.25, -0.2) is 4.39 Å². The van der Waals surface area contributed by atoms with Crippen molar-refractivity contribution in [2.45, 2.75) is 13.0 Å². The Morgan fingerprint density at radius 1 is 1.22 bits per heavy atom. The van der Waals surface area contributed by atoms with E-state index in [0.29, 0.717) is 6.54 Å². The molecule has 0 fully saturated rings. The third-order valence-electron chi connectivity index (χ3n) is 3.43. The predicted molar refractivity (Wildman–Crippen MR) is 83.3 cm³/mol. The van der Waals surface area contributed by atoms with Gasteiger partial charge in [0.2, 0.25) is 0 Å². The van der Waals surface area contributed by atoms with Crippen LogP contribution >= 0.6 is 0 Å². The van der Waals surface area contributed by atoms with Gasteiger partial charge < -0.3 is 14.4 Å². The smallest absolute Gasteiger partial charge is 0.273 e. The van der Waals surface area contributed by atoms with E-state index < -0.39 is 5.82 Å². The molecule has 3 rings (SSSR count). The highest BCUT2D eigenvalue weighted by molar-refractivity contribution is 5.93. The van der Waals surface area contributed by atoms with Gasteiger partial charge in [-0.2, -0.15) is 0 Å². The topological polar surface area (TPSA) is 60.1 Å². The molecule has 0 bridgehead atoms. The third kappa shape index (κ3) is 3.66. The molecule has 5 nitrogen and oxygen atoms in total. The molecule has 1 amide bonds. The van der Waals surface area contributed by atoms with E-state index in [4.69, 9.17) is 4.52 Å². The molecule has 3 aromatic rings. The van der Waals surface area contributed by atoms with Crippen LogP contribution in [0.1, 0.15) is 16.9 Å². The number of aryl methyl sites for hydroxylation is 1. The van der Waals surface area contributed by atoms with Crippen LogP contribution in [0, 0.1) is 5.82 Å². The first kappa shape index (κ1) is 15.0. The normalized spacial score (nSPS) is 10.7. The van der Waals surface area contributed by atoms with Crippen molar-refractivity contribution in [3.63, 3.8) is 0 Å². The van der Waals surface area contributed by atoms with Crippen molar-refractivity contribution in [3.05, 3.63) is 66.4 Å². The largest absolute Gasteiger partial charge is 0.355 e. The molecule has 0 saturated carbocycles. The number of nitrogens with zero attached hydrogens (tertiary/aromatic N) is 2. The number of aromatic nitrogens is 2. The van der Waals surface area contributed by atoms with E-state index in [0.717, 1.165) is 13.0 Å². The van der Waals surface area contributed by atoms with Gasteiger partial charge in [0.1, 0.15) is 5.82 Å². The van der Waals surface area contributed by atoms with Crippen LogP contribution in [0.4, 0.5) is 4.39 Å². The van der Waals surface area contributed by atoms with Gasteiger partial charge in [0.05, 0.1) is 5.56 Å². The molecule has 2 aromatic heterocycles. The van der Waals surface area contributed by atoms with Crippen LogP contribution in [0.25, 0.3) is 11.3 Å². The van der Waals surface area contributed by atoms with E-state index in [-0.39, 0.29) is 22.9 Å². The van der Waals surface area contributed by atoms with E-state index in [9.17, 15) is 9.18 Å². The highest BCUT2D eigenvalue weighted by Gasteiger charge is 2.15. The average molecular weight is 313 g/mol. The Hall–Kier alpha value is -2.89. The molecule has 0 unspecified atom stereocenters. The van der Waals surface area contributed by atoms with Crippen molar-refractivity contribution in [2.24, 2.45) is 0 Å². The molecule has 0 spiro atoms. The fraction of sp³-hybridized carbons (Fsp3) is 0.176. The Kier molecular flexibility index (Phi) is 4.52. The number of benzene rings is 1. The number of carbonyl (C=O) groups excluding carboxylic acids is 1. The minimum atomic E-state index is -0.415. The number of nitrogens with one attached hydrogen (secondary N) is 1. The molecule has 0 radical (unpaired) electrons. The number of halogens is 1. The molecular formula is C17H16FN3O2. The number of hydrogen-bond acceptors (Lipinski definition) is 3. The van der Waals surface area contributed by atoms with E-state index in [1.54, 1.807) is 18.2 Å². The zero-order valence-electron chi connectivity index (χ0n) is 12.4. The van der Waals surface area contributed by atoms with Crippen molar-refractivity contribution in [2.75, 3.05) is 6.54 Å². The molecule has 0 aliphatic heterocycles. The van der Waals surface area contributed by atoms with Gasteiger partial charge in [-0.05, 0) is 30.7 Å². The number of amides is 1. The van der Waals surface area contributed by atoms with Crippen molar-refractivity contribution < 1.29 is 13.7 Å². The lowest BCUT2D eigenvalue weighted by atomic mass is 10.1. The predicted octanol–water partition coefficient (Wildman–Crippen LogP) is 3.10. The number of carbonyl (C=O) groups is 1. The molecular weight excluding hydrogens is 297 g/mol. The number of rotatable bonds is 6. The van der Waals surface area contributed by atoms with Gasteiger partial charge in [0, 0.05) is 31.5 Å². The molecule has 23 heavy (non-hydrogen) atoms. The van der Waals surface area contributed by atoms with E-state index in [2.05, 4.69) is 10.5 Å². The Morgan fingerprint density at radius 3 is 2.78 bits per heavy atom. The van der Waals surface area contributed by atoms with Crippen LogP contribution in [0.2, 0.25) is 0 Å². The fourth-order valence-corrected chi connectivity index (χ4v) is 2.24. The van der Waals surface area contributed by atoms with Crippen LogP contribution < -0.4 is 5.32 Å². The highest BCUT2D eigenvalue weighted by Crippen LogP contribution is 2.23. The molecule has 0 aliphatic rings. The summed E-state index contributed by atoms with van der Waals surface area (Å²) in [5.74, 6) is -0.508. The summed E-state index contributed by atoms with van der Waals surface area (Å²) in [6, 6.07) is 11.6. The quantitative estimate of drug-likeness (QED) is 0.711. The van der Waals surface area contributed by atoms with E-state index in [1.165, 1.54) is 12.1 Å². The van der Waals surface area contributed by atoms with Crippen molar-refractivity contribution in [3.8, 4) is 11.3 Å². The molecule has 1 N–H and O–H groups in total. The Bertz CT molecular complexity index is 781. The second-order valence-electron chi connectivity index (χ2n) is 5.09. The standard InChI is InChI=1S/C17H16FN3O2/c18-14-7-2-1-6-13(14)16-12-15(20-23-16)17(22)19-8-5-11-21-9-3-4-10-21/h1-4,6-7,9-10,12H,5,8,11H2,(H,19,22). The Balaban J connectivity index is 1.55. The first-order valence-corrected chi connectivity index (χ1v) is 7.34. The minimum Gasteiger partial charge on any atom is -0.355 e. The summed E-state index contributed by atoms with van der Waals surface area (Å²) in [5, 5.41) is 6.48. The summed E-state index contributed by atoms with van der Waals surface area (Å²) in [7, 11) is 0. The zero-order valence-corrected chi connectivity index (χ0v) is 12.4. The van der Waals surface area contributed by atoms with Crippen LogP contribution in [0.5, 0.6) is 0 Å². The van der Waals surface area contributed by atoms with Crippen LogP contribution in [0.3, 0.4) is 0 Å². The molecule has 2 heterocycles. The minimum absolute atomic E-state index is 0.143. The maximum absolute atomic E-state index is 13.7. The second-order valence-corrected chi connectivity index (χ2v) is 5.09. The molecule has 118 valence electrons. The van der Waals surface area contributed by atoms with Crippen molar-refractivity contribution in [1.29, 1.82) is 0 Å². The molecule has 0 aliphatic carbocycles. The van der Waals surface area contributed by atoms with Crippen molar-refractivity contribution in [1.82, 2.24) is 15.0 Å². The monoisotopic (exact) mass is 313 g/mol. The lowest BCUT2D eigenvalue weighted by molar-refractivity contribution is 0.0944. The first-order valence-electron chi connectivity index (χ1n) is 7.34. The average Bonchev–Trinajstić information content (AvgIpc) is 3.23. The zero-order chi connectivity index (χ0) is 16.1. The summed E-state index contributed by atoms with van der Waals surface area (Å²) in [4.78, 5) is 12.0. The van der Waals surface area contributed by atoms with Crippen LogP contribution in [-0.4, -0.2) is 22.2 Å². The SMILES string of the molecule is O=C(NCCCn1cccc1)c1cc(-c2ccccc2F)on1. The third-order valence-corrected chi connectivity index (χ3v) is 3.43. The Morgan fingerprint density at radius 2 is 2.00 bits per heavy atom. The maximum Gasteiger partial charge on any atom is 0.273 e. The van der Waals surface area contributed by atoms with E-state index in [1.807, 2.05) is 29.1 Å². The van der Waals surface area contributed by atoms with E-state index >= 15 is 0 Å². The van der Waals surface area contributed by atoms with Crippen LogP contribution in [0.15, 0.2) is 59.4 Å². The number of hydrogen-bond donors (Lipinski definition) is 1. The molecule has 0 saturated heterocycles. The summed E-state index contributed by atoms with van der Waals surface area (Å²) in [6.45, 7) is 1.35. The lowest BCUT2D eigenvalue weighted by Gasteiger charge is -2.04. The summed E-state index contributed by atoms with van der Waals surface area (Å²) < 4.78 is 20.8. The molecule has 0 atom stereocenters. The molecule has 6 heteroatoms. The first-order chi connectivity index (χ1) is 11.2. The van der Waals surface area contributed by atoms with Gasteiger partial charge >= 0.3 is 0 Å². The van der Waals surface area contributed by atoms with Gasteiger partial charge in [-0.3, -0.25) is 4.79 Å². The highest BCUT2D eigenvalue weighted by atomic mass is 19.1. The maximum atomic E-state index is 13.7. The second kappa shape index (κ2) is 6.91. The summed E-state index contributed by atoms with van der Waals surface area (Å²) in [6.07, 6.45) is 4.75. The van der Waals surface area contributed by atoms with Gasteiger partial charge in [0.15, 0.2) is 11.5 Å². The van der Waals surface area contributed by atoms with Crippen molar-refractivity contribution >= 4 is 5.91 Å². The van der Waals surface area contributed by atoms with Crippen LogP contribution in [-0.2, 0) is 6.54 Å². The Labute approximate surface area is 132 Å². The van der Waals surface area contributed by atoms with Gasteiger partial charge in [0.25, 0.3) is 5.91 Å². The van der Waals surface area contributed by atoms with Gasteiger partial charge in [-0.1, -0.05) is 17.3 Å². The summed E-state index contributed by atoms with van der Waals surface area (Å²) >= 11 is 0. The fourth-order valence-electron chi connectivity index (χ4n) is 2.24.